The first kappa shape index (κ1) is 20.0. The second kappa shape index (κ2) is 9.14. The number of thioether (sulfide) groups is 1. The first-order valence-electron chi connectivity index (χ1n) is 6.20. The van der Waals surface area contributed by atoms with Gasteiger partial charge in [0.25, 0.3) is 0 Å². The monoisotopic (exact) mass is 380 g/mol. The number of hydrogen-bond donors (Lipinski definition) is 2. The van der Waals surface area contributed by atoms with Crippen LogP contribution in [-0.4, -0.2) is 35.3 Å². The van der Waals surface area contributed by atoms with Gasteiger partial charge in [0.2, 0.25) is 0 Å². The van der Waals surface area contributed by atoms with Crippen LogP contribution in [0, 0.1) is 17.2 Å². The third kappa shape index (κ3) is 5.74. The molecule has 5 atom stereocenters. The summed E-state index contributed by atoms with van der Waals surface area (Å²) in [6, 6.07) is -0.300. The van der Waals surface area contributed by atoms with Gasteiger partial charge in [-0.05, 0) is 11.4 Å². The zero-order valence-electron chi connectivity index (χ0n) is 12.0. The molecule has 1 aliphatic heterocycles. The Labute approximate surface area is 138 Å². The number of carbonyl (C=O) groups excluding carboxylic acids is 1. The van der Waals surface area contributed by atoms with Crippen molar-refractivity contribution in [1.29, 1.82) is 5.41 Å². The van der Waals surface area contributed by atoms with E-state index < -0.39 is 11.4 Å². The summed E-state index contributed by atoms with van der Waals surface area (Å²) in [5.41, 5.74) is 13.7. The Hall–Kier alpha value is -0.960. The summed E-state index contributed by atoms with van der Waals surface area (Å²) in [6.07, 6.45) is -0.387. The molecule has 0 aromatic carbocycles. The fourth-order valence-corrected chi connectivity index (χ4v) is 3.02. The minimum atomic E-state index is -0.403. The van der Waals surface area contributed by atoms with E-state index in [9.17, 15) is 4.79 Å². The number of nitrogens with one attached hydrogen (secondary N) is 1. The Balaban J connectivity index is 0.00000400. The highest BCUT2D eigenvalue weighted by Gasteiger charge is 2.42. The molecule has 2 unspecified atom stereocenters. The number of hydrogen-bond acceptors (Lipinski definition) is 6. The van der Waals surface area contributed by atoms with Gasteiger partial charge in [-0.3, -0.25) is 10.2 Å². The molecular weight excluding hydrogens is 362 g/mol. The van der Waals surface area contributed by atoms with E-state index >= 15 is 0 Å². The van der Waals surface area contributed by atoms with Crippen LogP contribution in [0.25, 0.3) is 10.4 Å². The lowest BCUT2D eigenvalue weighted by atomic mass is 9.85. The van der Waals surface area contributed by atoms with E-state index in [0.717, 1.165) is 11.8 Å². The summed E-state index contributed by atoms with van der Waals surface area (Å²) in [5, 5.41) is 11.1. The molecule has 1 saturated heterocycles. The summed E-state index contributed by atoms with van der Waals surface area (Å²) in [5.74, 6) is -0.581. The van der Waals surface area contributed by atoms with Crippen LogP contribution >= 0.6 is 11.8 Å². The van der Waals surface area contributed by atoms with Crippen LogP contribution in [0.15, 0.2) is 5.11 Å². The van der Waals surface area contributed by atoms with Gasteiger partial charge in [0.1, 0.15) is 12.0 Å². The van der Waals surface area contributed by atoms with Crippen molar-refractivity contribution in [2.24, 2.45) is 22.7 Å². The molecule has 1 rings (SSSR count). The second-order valence-electron chi connectivity index (χ2n) is 4.74. The van der Waals surface area contributed by atoms with Crippen molar-refractivity contribution in [3.05, 3.63) is 10.4 Å². The van der Waals surface area contributed by atoms with Crippen LogP contribution < -0.4 is 22.7 Å². The molecule has 0 aromatic heterocycles. The van der Waals surface area contributed by atoms with E-state index in [-0.39, 0.29) is 52.7 Å². The standard InChI is InChI=1S/C11H19N5O3S.BrH/c1-5-8(4-18-7(3)17)19-10(20-11(12)13)6(2)9(5)15-16-14;/h5-6,8-10H,4H2,1-3H3,(H3,12,13);1H/p-1/t5-,6?,8?,9-,10-;/m0./s1. The number of nitrogens with zero attached hydrogens (tertiary/aromatic N) is 3. The first-order valence-corrected chi connectivity index (χ1v) is 7.08. The molecule has 0 aliphatic carbocycles. The number of esters is 1. The topological polar surface area (TPSA) is 134 Å². The Morgan fingerprint density at radius 3 is 2.62 bits per heavy atom. The highest BCUT2D eigenvalue weighted by Crippen LogP contribution is 2.37. The normalized spacial score (nSPS) is 31.5. The van der Waals surface area contributed by atoms with Crippen molar-refractivity contribution < 1.29 is 31.2 Å². The van der Waals surface area contributed by atoms with Gasteiger partial charge in [0.15, 0.2) is 5.17 Å². The molecule has 1 heterocycles. The summed E-state index contributed by atoms with van der Waals surface area (Å²) in [4.78, 5) is 13.8. The van der Waals surface area contributed by atoms with Crippen molar-refractivity contribution in [2.45, 2.75) is 38.4 Å². The third-order valence-corrected chi connectivity index (χ3v) is 4.31. The summed E-state index contributed by atoms with van der Waals surface area (Å²) in [6.45, 7) is 5.19. The second-order valence-corrected chi connectivity index (χ2v) is 5.88. The van der Waals surface area contributed by atoms with E-state index in [4.69, 9.17) is 26.1 Å². The fourth-order valence-electron chi connectivity index (χ4n) is 2.20. The maximum absolute atomic E-state index is 10.9. The van der Waals surface area contributed by atoms with Crippen molar-refractivity contribution in [1.82, 2.24) is 0 Å². The maximum Gasteiger partial charge on any atom is 0.302 e. The number of azide groups is 1. The number of carbonyl (C=O) groups is 1. The van der Waals surface area contributed by atoms with Crippen molar-refractivity contribution >= 4 is 22.9 Å². The molecule has 8 nitrogen and oxygen atoms in total. The van der Waals surface area contributed by atoms with Gasteiger partial charge in [-0.25, -0.2) is 0 Å². The molecule has 0 radical (unpaired) electrons. The van der Waals surface area contributed by atoms with E-state index in [0.29, 0.717) is 0 Å². The average Bonchev–Trinajstić information content (AvgIpc) is 2.35. The third-order valence-electron chi connectivity index (χ3n) is 3.28. The molecule has 10 heteroatoms. The van der Waals surface area contributed by atoms with Gasteiger partial charge < -0.3 is 32.2 Å². The lowest BCUT2D eigenvalue weighted by Gasteiger charge is -2.42. The molecule has 0 aromatic rings. The van der Waals surface area contributed by atoms with E-state index in [2.05, 4.69) is 10.0 Å². The number of ether oxygens (including phenoxy) is 2. The number of rotatable bonds is 4. The number of nitrogens with two attached hydrogens (primary N) is 1. The quantitative estimate of drug-likeness (QED) is 0.158. The highest BCUT2D eigenvalue weighted by atomic mass is 79.9. The average molecular weight is 381 g/mol. The Bertz CT molecular complexity index is 432. The van der Waals surface area contributed by atoms with E-state index in [1.165, 1.54) is 6.92 Å². The summed E-state index contributed by atoms with van der Waals surface area (Å²) < 4.78 is 10.8. The molecule has 21 heavy (non-hydrogen) atoms. The van der Waals surface area contributed by atoms with Crippen molar-refractivity contribution in [3.63, 3.8) is 0 Å². The van der Waals surface area contributed by atoms with Gasteiger partial charge in [-0.2, -0.15) is 0 Å². The van der Waals surface area contributed by atoms with Crippen molar-refractivity contribution in [2.75, 3.05) is 6.61 Å². The molecule has 0 saturated carbocycles. The number of halogens is 1. The molecule has 0 bridgehead atoms. The predicted molar refractivity (Wildman–Crippen MR) is 76.1 cm³/mol. The molecule has 0 amide bonds. The van der Waals surface area contributed by atoms with Crippen LogP contribution in [-0.2, 0) is 14.3 Å². The van der Waals surface area contributed by atoms with Crippen LogP contribution in [0.3, 0.4) is 0 Å². The van der Waals surface area contributed by atoms with Crippen LogP contribution in [0.1, 0.15) is 20.8 Å². The van der Waals surface area contributed by atoms with Gasteiger partial charge in [0.05, 0.1) is 6.10 Å². The number of amidine groups is 1. The summed E-state index contributed by atoms with van der Waals surface area (Å²) >= 11 is 1.07. The minimum absolute atomic E-state index is 0. The Kier molecular flexibility index (Phi) is 8.72. The van der Waals surface area contributed by atoms with Gasteiger partial charge in [-0.1, -0.05) is 30.7 Å². The van der Waals surface area contributed by atoms with E-state index in [1.807, 2.05) is 13.8 Å². The van der Waals surface area contributed by atoms with Gasteiger partial charge >= 0.3 is 5.97 Å². The molecule has 0 spiro atoms. The SMILES string of the molecule is CC(=O)OCC1O[C@@H](SC(=N)N)C(C)[C@@H](N=[N+]=[N-])[C@H]1C.[Br-]. The van der Waals surface area contributed by atoms with E-state index in [1.54, 1.807) is 0 Å². The van der Waals surface area contributed by atoms with Gasteiger partial charge in [-0.15, -0.1) is 0 Å². The van der Waals surface area contributed by atoms with Crippen LogP contribution in [0.2, 0.25) is 0 Å². The lowest BCUT2D eigenvalue weighted by Crippen LogP contribution is -3.00. The summed E-state index contributed by atoms with van der Waals surface area (Å²) in [7, 11) is 0. The smallest absolute Gasteiger partial charge is 0.302 e. The fraction of sp³-hybridized carbons (Fsp3) is 0.818. The molecule has 3 N–H and O–H groups in total. The van der Waals surface area contributed by atoms with Crippen molar-refractivity contribution in [3.8, 4) is 0 Å². The first-order chi connectivity index (χ1) is 9.36. The van der Waals surface area contributed by atoms with Crippen LogP contribution in [0.5, 0.6) is 0 Å². The zero-order chi connectivity index (χ0) is 15.3. The molecular formula is C11H19BrN5O3S-. The molecule has 1 aliphatic rings. The Morgan fingerprint density at radius 1 is 1.52 bits per heavy atom. The minimum Gasteiger partial charge on any atom is -1.00 e. The molecule has 1 fully saturated rings. The lowest BCUT2D eigenvalue weighted by molar-refractivity contribution is -0.153. The molecule has 120 valence electrons. The van der Waals surface area contributed by atoms with Crippen LogP contribution in [0.4, 0.5) is 0 Å². The highest BCUT2D eigenvalue weighted by molar-refractivity contribution is 8.14. The largest absolute Gasteiger partial charge is 1.00 e. The predicted octanol–water partition coefficient (Wildman–Crippen LogP) is -1.14. The van der Waals surface area contributed by atoms with Gasteiger partial charge in [0, 0.05) is 23.8 Å². The zero-order valence-corrected chi connectivity index (χ0v) is 14.4. The maximum atomic E-state index is 10.9. The Morgan fingerprint density at radius 2 is 2.14 bits per heavy atom.